The topological polar surface area (TPSA) is 85.1 Å². The van der Waals surface area contributed by atoms with Crippen LogP contribution in [0.3, 0.4) is 0 Å². The third-order valence-corrected chi connectivity index (χ3v) is 4.72. The van der Waals surface area contributed by atoms with Crippen LogP contribution in [0.5, 0.6) is 0 Å². The lowest BCUT2D eigenvalue weighted by atomic mass is 10.0. The van der Waals surface area contributed by atoms with Crippen LogP contribution in [0, 0.1) is 6.92 Å². The van der Waals surface area contributed by atoms with Gasteiger partial charge < -0.3 is 11.1 Å². The van der Waals surface area contributed by atoms with Crippen LogP contribution in [-0.2, 0) is 0 Å². The van der Waals surface area contributed by atoms with E-state index >= 15 is 0 Å². The van der Waals surface area contributed by atoms with E-state index in [1.807, 2.05) is 55.5 Å². The van der Waals surface area contributed by atoms with Crippen molar-refractivity contribution in [3.8, 4) is 11.3 Å². The molecule has 29 heavy (non-hydrogen) atoms. The predicted octanol–water partition coefficient (Wildman–Crippen LogP) is 4.56. The smallest absolute Gasteiger partial charge is 0.256 e. The largest absolute Gasteiger partial charge is 0.366 e. The molecule has 1 aromatic heterocycles. The highest BCUT2D eigenvalue weighted by Gasteiger charge is 2.16. The van der Waals surface area contributed by atoms with Gasteiger partial charge in [-0.15, -0.1) is 0 Å². The lowest BCUT2D eigenvalue weighted by Gasteiger charge is -2.12. The summed E-state index contributed by atoms with van der Waals surface area (Å²) in [5.74, 6) is -0.924. The summed E-state index contributed by atoms with van der Waals surface area (Å²) in [4.78, 5) is 29.6. The second-order valence-corrected chi connectivity index (χ2v) is 6.81. The van der Waals surface area contributed by atoms with E-state index < -0.39 is 5.91 Å². The molecule has 0 aliphatic rings. The van der Waals surface area contributed by atoms with E-state index in [0.717, 1.165) is 22.0 Å². The highest BCUT2D eigenvalue weighted by Crippen LogP contribution is 2.26. The van der Waals surface area contributed by atoms with Gasteiger partial charge in [0.05, 0.1) is 28.0 Å². The summed E-state index contributed by atoms with van der Waals surface area (Å²) in [6.45, 7) is 2.01. The number of nitrogens with zero attached hydrogens (tertiary/aromatic N) is 1. The molecule has 0 atom stereocenters. The van der Waals surface area contributed by atoms with Crippen LogP contribution in [-0.4, -0.2) is 16.8 Å². The maximum absolute atomic E-state index is 13.2. The number of primary amides is 1. The number of aromatic nitrogens is 1. The molecule has 3 N–H and O–H groups in total. The van der Waals surface area contributed by atoms with E-state index in [9.17, 15) is 9.59 Å². The molecule has 0 unspecified atom stereocenters. The van der Waals surface area contributed by atoms with Gasteiger partial charge in [-0.25, -0.2) is 4.98 Å². The molecule has 4 rings (SSSR count). The molecule has 0 aliphatic heterocycles. The molecule has 0 aliphatic carbocycles. The first-order valence-corrected chi connectivity index (χ1v) is 9.20. The molecule has 1 heterocycles. The van der Waals surface area contributed by atoms with Gasteiger partial charge >= 0.3 is 0 Å². The third-order valence-electron chi connectivity index (χ3n) is 4.72. The van der Waals surface area contributed by atoms with Crippen molar-refractivity contribution in [1.29, 1.82) is 0 Å². The minimum Gasteiger partial charge on any atom is -0.366 e. The number of benzene rings is 3. The van der Waals surface area contributed by atoms with E-state index in [2.05, 4.69) is 5.32 Å². The summed E-state index contributed by atoms with van der Waals surface area (Å²) in [7, 11) is 0. The molecule has 0 saturated carbocycles. The van der Waals surface area contributed by atoms with Crippen LogP contribution in [0.15, 0.2) is 78.9 Å². The number of carbonyl (C=O) groups excluding carboxylic acids is 2. The molecule has 0 spiro atoms. The highest BCUT2D eigenvalue weighted by molar-refractivity contribution is 6.14. The van der Waals surface area contributed by atoms with Crippen molar-refractivity contribution >= 4 is 28.4 Å². The molecule has 0 fully saturated rings. The van der Waals surface area contributed by atoms with Gasteiger partial charge in [-0.2, -0.15) is 0 Å². The summed E-state index contributed by atoms with van der Waals surface area (Å²) in [5, 5.41) is 3.56. The zero-order chi connectivity index (χ0) is 20.4. The van der Waals surface area contributed by atoms with Gasteiger partial charge in [0, 0.05) is 10.9 Å². The van der Waals surface area contributed by atoms with Crippen molar-refractivity contribution in [2.45, 2.75) is 6.92 Å². The minimum atomic E-state index is -0.596. The first-order valence-electron chi connectivity index (χ1n) is 9.20. The van der Waals surface area contributed by atoms with Gasteiger partial charge in [-0.3, -0.25) is 9.59 Å². The molecule has 0 bridgehead atoms. The van der Waals surface area contributed by atoms with Gasteiger partial charge in [0.15, 0.2) is 0 Å². The van der Waals surface area contributed by atoms with Gasteiger partial charge in [-0.1, -0.05) is 54.1 Å². The summed E-state index contributed by atoms with van der Waals surface area (Å²) >= 11 is 0. The second kappa shape index (κ2) is 7.56. The standard InChI is InChI=1S/C24H19N3O2/c1-15-7-6-8-16(13-15)22-14-19(17-9-2-4-11-20(17)26-22)24(29)27-21-12-5-3-10-18(21)23(25)28/h2-14H,1H3,(H2,25,28)(H,27,29). The van der Waals surface area contributed by atoms with Gasteiger partial charge in [-0.05, 0) is 37.3 Å². The quantitative estimate of drug-likeness (QED) is 0.543. The predicted molar refractivity (Wildman–Crippen MR) is 115 cm³/mol. The summed E-state index contributed by atoms with van der Waals surface area (Å²) in [6.07, 6.45) is 0. The van der Waals surface area contributed by atoms with Crippen LogP contribution < -0.4 is 11.1 Å². The number of pyridine rings is 1. The Labute approximate surface area is 168 Å². The second-order valence-electron chi connectivity index (χ2n) is 6.81. The van der Waals surface area contributed by atoms with E-state index in [0.29, 0.717) is 16.9 Å². The molecule has 142 valence electrons. The number of hydrogen-bond donors (Lipinski definition) is 2. The van der Waals surface area contributed by atoms with Gasteiger partial charge in [0.25, 0.3) is 11.8 Å². The Morgan fingerprint density at radius 2 is 1.62 bits per heavy atom. The Morgan fingerprint density at radius 3 is 2.41 bits per heavy atom. The molecule has 3 aromatic carbocycles. The molecule has 5 nitrogen and oxygen atoms in total. The SMILES string of the molecule is Cc1cccc(-c2cc(C(=O)Nc3ccccc3C(N)=O)c3ccccc3n2)c1. The van der Waals surface area contributed by atoms with Crippen molar-refractivity contribution in [2.24, 2.45) is 5.73 Å². The van der Waals surface area contributed by atoms with E-state index in [1.54, 1.807) is 30.3 Å². The monoisotopic (exact) mass is 381 g/mol. The molecule has 4 aromatic rings. The number of rotatable bonds is 4. The Balaban J connectivity index is 1.82. The average molecular weight is 381 g/mol. The van der Waals surface area contributed by atoms with E-state index in [-0.39, 0.29) is 11.5 Å². The average Bonchev–Trinajstić information content (AvgIpc) is 2.73. The molecule has 2 amide bonds. The Hall–Kier alpha value is -3.99. The molecule has 5 heteroatoms. The van der Waals surface area contributed by atoms with Crippen molar-refractivity contribution in [3.05, 3.63) is 95.6 Å². The number of anilines is 1. The first kappa shape index (κ1) is 18.4. The van der Waals surface area contributed by atoms with Crippen molar-refractivity contribution in [3.63, 3.8) is 0 Å². The lowest BCUT2D eigenvalue weighted by Crippen LogP contribution is -2.18. The number of fused-ring (bicyclic) bond motifs is 1. The van der Waals surface area contributed by atoms with Crippen molar-refractivity contribution < 1.29 is 9.59 Å². The molecule has 0 saturated heterocycles. The minimum absolute atomic E-state index is 0.262. The van der Waals surface area contributed by atoms with Crippen LogP contribution in [0.4, 0.5) is 5.69 Å². The highest BCUT2D eigenvalue weighted by atomic mass is 16.2. The van der Waals surface area contributed by atoms with Crippen molar-refractivity contribution in [1.82, 2.24) is 4.98 Å². The fourth-order valence-electron chi connectivity index (χ4n) is 3.31. The number of nitrogens with two attached hydrogens (primary N) is 1. The fourth-order valence-corrected chi connectivity index (χ4v) is 3.31. The number of aryl methyl sites for hydroxylation is 1. The molecule has 0 radical (unpaired) electrons. The zero-order valence-electron chi connectivity index (χ0n) is 15.8. The van der Waals surface area contributed by atoms with E-state index in [4.69, 9.17) is 10.7 Å². The number of nitrogens with one attached hydrogen (secondary N) is 1. The van der Waals surface area contributed by atoms with Crippen molar-refractivity contribution in [2.75, 3.05) is 5.32 Å². The Morgan fingerprint density at radius 1 is 0.862 bits per heavy atom. The van der Waals surface area contributed by atoms with Crippen LogP contribution >= 0.6 is 0 Å². The first-order chi connectivity index (χ1) is 14.0. The zero-order valence-corrected chi connectivity index (χ0v) is 15.8. The maximum atomic E-state index is 13.2. The van der Waals surface area contributed by atoms with Crippen LogP contribution in [0.2, 0.25) is 0 Å². The van der Waals surface area contributed by atoms with Gasteiger partial charge in [0.2, 0.25) is 0 Å². The fraction of sp³-hybridized carbons (Fsp3) is 0.0417. The summed E-state index contributed by atoms with van der Waals surface area (Å²) < 4.78 is 0. The van der Waals surface area contributed by atoms with Crippen LogP contribution in [0.1, 0.15) is 26.3 Å². The number of amides is 2. The summed E-state index contributed by atoms with van der Waals surface area (Å²) in [5.41, 5.74) is 10.0. The molecular formula is C24H19N3O2. The lowest BCUT2D eigenvalue weighted by molar-refractivity contribution is 0.100. The number of carbonyl (C=O) groups is 2. The van der Waals surface area contributed by atoms with Gasteiger partial charge in [0.1, 0.15) is 0 Å². The summed E-state index contributed by atoms with van der Waals surface area (Å²) in [6, 6.07) is 23.9. The Bertz CT molecular complexity index is 1250. The van der Waals surface area contributed by atoms with E-state index in [1.165, 1.54) is 0 Å². The molecular weight excluding hydrogens is 362 g/mol. The number of para-hydroxylation sites is 2. The maximum Gasteiger partial charge on any atom is 0.256 e. The third kappa shape index (κ3) is 3.71. The normalized spacial score (nSPS) is 10.7. The number of hydrogen-bond acceptors (Lipinski definition) is 3. The van der Waals surface area contributed by atoms with Crippen LogP contribution in [0.25, 0.3) is 22.2 Å². The Kier molecular flexibility index (Phi) is 4.79.